The summed E-state index contributed by atoms with van der Waals surface area (Å²) in [5.74, 6) is -1.10. The zero-order valence-corrected chi connectivity index (χ0v) is 12.3. The number of ether oxygens (including phenoxy) is 2. The van der Waals surface area contributed by atoms with E-state index in [1.807, 2.05) is 24.3 Å². The Balaban J connectivity index is 2.37. The quantitative estimate of drug-likeness (QED) is 0.678. The van der Waals surface area contributed by atoms with Crippen LogP contribution >= 0.6 is 11.3 Å². The number of carbonyl (C=O) groups excluding carboxylic acids is 2. The normalized spacial score (nSPS) is 10.8. The minimum Gasteiger partial charge on any atom is -0.465 e. The zero-order valence-electron chi connectivity index (χ0n) is 11.5. The predicted molar refractivity (Wildman–Crippen MR) is 82.0 cm³/mol. The smallest absolute Gasteiger partial charge is 0.338 e. The molecule has 0 aliphatic carbocycles. The van der Waals surface area contributed by atoms with Crippen molar-refractivity contribution in [2.75, 3.05) is 14.2 Å². The van der Waals surface area contributed by atoms with Crippen LogP contribution in [0.2, 0.25) is 0 Å². The first-order chi connectivity index (χ1) is 10.2. The summed E-state index contributed by atoms with van der Waals surface area (Å²) >= 11 is 1.57. The van der Waals surface area contributed by atoms with E-state index in [0.717, 1.165) is 20.2 Å². The molecule has 4 nitrogen and oxygen atoms in total. The highest BCUT2D eigenvalue weighted by Gasteiger charge is 2.21. The maximum atomic E-state index is 11.9. The number of methoxy groups -OCH3 is 2. The van der Waals surface area contributed by atoms with Gasteiger partial charge in [-0.05, 0) is 18.2 Å². The Hall–Kier alpha value is -2.40. The molecular formula is C16H12O4S. The molecule has 0 saturated carbocycles. The lowest BCUT2D eigenvalue weighted by molar-refractivity contribution is 0.0555. The van der Waals surface area contributed by atoms with Crippen LogP contribution in [0.4, 0.5) is 0 Å². The topological polar surface area (TPSA) is 52.6 Å². The van der Waals surface area contributed by atoms with E-state index in [2.05, 4.69) is 0 Å². The molecule has 1 heterocycles. The largest absolute Gasteiger partial charge is 0.465 e. The van der Waals surface area contributed by atoms with Gasteiger partial charge in [-0.2, -0.15) is 0 Å². The Kier molecular flexibility index (Phi) is 3.35. The van der Waals surface area contributed by atoms with E-state index < -0.39 is 11.9 Å². The fourth-order valence-electron chi connectivity index (χ4n) is 2.33. The van der Waals surface area contributed by atoms with Crippen molar-refractivity contribution in [3.8, 4) is 0 Å². The van der Waals surface area contributed by atoms with Crippen LogP contribution in [0.3, 0.4) is 0 Å². The molecule has 5 heteroatoms. The van der Waals surface area contributed by atoms with E-state index in [4.69, 9.17) is 9.47 Å². The number of benzene rings is 2. The molecule has 21 heavy (non-hydrogen) atoms. The molecule has 1 aromatic heterocycles. The van der Waals surface area contributed by atoms with E-state index in [1.54, 1.807) is 23.5 Å². The van der Waals surface area contributed by atoms with Crippen LogP contribution < -0.4 is 0 Å². The van der Waals surface area contributed by atoms with Crippen molar-refractivity contribution in [3.05, 3.63) is 47.5 Å². The number of esters is 2. The minimum absolute atomic E-state index is 0.223. The first-order valence-electron chi connectivity index (χ1n) is 6.27. The van der Waals surface area contributed by atoms with Gasteiger partial charge in [-0.1, -0.05) is 18.2 Å². The molecule has 0 amide bonds. The third-order valence-electron chi connectivity index (χ3n) is 3.33. The van der Waals surface area contributed by atoms with E-state index in [9.17, 15) is 9.59 Å². The van der Waals surface area contributed by atoms with E-state index in [0.29, 0.717) is 0 Å². The van der Waals surface area contributed by atoms with Gasteiger partial charge in [-0.3, -0.25) is 0 Å². The number of rotatable bonds is 2. The lowest BCUT2D eigenvalue weighted by Crippen LogP contribution is -2.11. The monoisotopic (exact) mass is 300 g/mol. The summed E-state index contributed by atoms with van der Waals surface area (Å²) < 4.78 is 11.6. The molecule has 2 aromatic carbocycles. The molecule has 0 radical (unpaired) electrons. The summed E-state index contributed by atoms with van der Waals surface area (Å²) in [5.41, 5.74) is 0.448. The molecule has 0 spiro atoms. The van der Waals surface area contributed by atoms with Gasteiger partial charge < -0.3 is 9.47 Å². The molecular weight excluding hydrogens is 288 g/mol. The first-order valence-corrected chi connectivity index (χ1v) is 7.09. The lowest BCUT2D eigenvalue weighted by Gasteiger charge is -2.06. The molecule has 0 N–H and O–H groups in total. The fraction of sp³-hybridized carbons (Fsp3) is 0.125. The first kappa shape index (κ1) is 13.6. The third kappa shape index (κ3) is 2.15. The maximum Gasteiger partial charge on any atom is 0.338 e. The minimum atomic E-state index is -0.549. The molecule has 0 saturated heterocycles. The van der Waals surface area contributed by atoms with Gasteiger partial charge in [-0.15, -0.1) is 11.3 Å². The number of thiophene rings is 1. The van der Waals surface area contributed by atoms with Gasteiger partial charge in [0, 0.05) is 20.2 Å². The maximum absolute atomic E-state index is 11.9. The molecule has 0 aliphatic heterocycles. The Morgan fingerprint density at radius 1 is 0.857 bits per heavy atom. The van der Waals surface area contributed by atoms with Gasteiger partial charge in [0.1, 0.15) is 0 Å². The van der Waals surface area contributed by atoms with Crippen LogP contribution in [0.5, 0.6) is 0 Å². The van der Waals surface area contributed by atoms with E-state index in [-0.39, 0.29) is 11.1 Å². The average molecular weight is 300 g/mol. The van der Waals surface area contributed by atoms with Crippen molar-refractivity contribution in [3.63, 3.8) is 0 Å². The van der Waals surface area contributed by atoms with Crippen LogP contribution in [-0.4, -0.2) is 26.2 Å². The van der Waals surface area contributed by atoms with Gasteiger partial charge in [0.2, 0.25) is 0 Å². The summed E-state index contributed by atoms with van der Waals surface area (Å²) in [4.78, 5) is 23.8. The van der Waals surface area contributed by atoms with Crippen LogP contribution in [0, 0.1) is 0 Å². The fourth-order valence-corrected chi connectivity index (χ4v) is 3.46. The molecule has 106 valence electrons. The number of fused-ring (bicyclic) bond motifs is 3. The Morgan fingerprint density at radius 3 is 2.14 bits per heavy atom. The van der Waals surface area contributed by atoms with Gasteiger partial charge in [-0.25, -0.2) is 9.59 Å². The van der Waals surface area contributed by atoms with Crippen LogP contribution in [0.1, 0.15) is 20.7 Å². The summed E-state index contributed by atoms with van der Waals surface area (Å²) in [6.07, 6.45) is 0. The molecule has 0 aliphatic rings. The van der Waals surface area contributed by atoms with Gasteiger partial charge in [0.05, 0.1) is 25.3 Å². The Labute approximate surface area is 124 Å². The van der Waals surface area contributed by atoms with Gasteiger partial charge in [0.25, 0.3) is 0 Å². The SMILES string of the molecule is COC(=O)c1cc2sc3ccccc3c2cc1C(=O)OC. The molecule has 0 bridgehead atoms. The van der Waals surface area contributed by atoms with Crippen molar-refractivity contribution in [1.82, 2.24) is 0 Å². The van der Waals surface area contributed by atoms with Gasteiger partial charge >= 0.3 is 11.9 Å². The van der Waals surface area contributed by atoms with E-state index in [1.165, 1.54) is 14.2 Å². The number of hydrogen-bond acceptors (Lipinski definition) is 5. The van der Waals surface area contributed by atoms with Crippen molar-refractivity contribution in [2.24, 2.45) is 0 Å². The lowest BCUT2D eigenvalue weighted by atomic mass is 10.0. The molecule has 3 aromatic rings. The highest BCUT2D eigenvalue weighted by molar-refractivity contribution is 7.25. The van der Waals surface area contributed by atoms with Crippen molar-refractivity contribution in [1.29, 1.82) is 0 Å². The predicted octanol–water partition coefficient (Wildman–Crippen LogP) is 3.63. The highest BCUT2D eigenvalue weighted by atomic mass is 32.1. The highest BCUT2D eigenvalue weighted by Crippen LogP contribution is 2.35. The van der Waals surface area contributed by atoms with Crippen LogP contribution in [0.25, 0.3) is 20.2 Å². The van der Waals surface area contributed by atoms with Crippen molar-refractivity contribution in [2.45, 2.75) is 0 Å². The standard InChI is InChI=1S/C16H12O4S/c1-19-15(17)11-7-10-9-5-3-4-6-13(9)21-14(10)8-12(11)16(18)20-2/h3-8H,1-2H3. The zero-order chi connectivity index (χ0) is 15.0. The van der Waals surface area contributed by atoms with Crippen molar-refractivity contribution < 1.29 is 19.1 Å². The molecule has 0 fully saturated rings. The summed E-state index contributed by atoms with van der Waals surface area (Å²) in [5, 5.41) is 1.99. The number of carbonyl (C=O) groups is 2. The van der Waals surface area contributed by atoms with Crippen LogP contribution in [0.15, 0.2) is 36.4 Å². The summed E-state index contributed by atoms with van der Waals surface area (Å²) in [6, 6.07) is 11.3. The second-order valence-electron chi connectivity index (χ2n) is 4.48. The molecule has 3 rings (SSSR count). The third-order valence-corrected chi connectivity index (χ3v) is 4.46. The summed E-state index contributed by atoms with van der Waals surface area (Å²) in [6.45, 7) is 0. The van der Waals surface area contributed by atoms with Crippen molar-refractivity contribution >= 4 is 43.4 Å². The summed E-state index contributed by atoms with van der Waals surface area (Å²) in [7, 11) is 2.58. The second kappa shape index (κ2) is 5.18. The average Bonchev–Trinajstić information content (AvgIpc) is 2.89. The Bertz CT molecular complexity index is 863. The number of hydrogen-bond donors (Lipinski definition) is 0. The molecule has 0 atom stereocenters. The second-order valence-corrected chi connectivity index (χ2v) is 5.56. The molecule has 0 unspecified atom stereocenters. The van der Waals surface area contributed by atoms with Gasteiger partial charge in [0.15, 0.2) is 0 Å². The Morgan fingerprint density at radius 2 is 1.48 bits per heavy atom. The van der Waals surface area contributed by atoms with Crippen LogP contribution in [-0.2, 0) is 9.47 Å². The van der Waals surface area contributed by atoms with E-state index >= 15 is 0 Å².